The van der Waals surface area contributed by atoms with E-state index < -0.39 is 0 Å². The van der Waals surface area contributed by atoms with Gasteiger partial charge in [0.1, 0.15) is 17.7 Å². The summed E-state index contributed by atoms with van der Waals surface area (Å²) >= 11 is 0. The number of hydrogen-bond donors (Lipinski definition) is 1. The summed E-state index contributed by atoms with van der Waals surface area (Å²) in [6.45, 7) is 2.94. The van der Waals surface area contributed by atoms with Gasteiger partial charge < -0.3 is 10.5 Å². The number of benzene rings is 1. The highest BCUT2D eigenvalue weighted by molar-refractivity contribution is 5.37. The number of piperidine rings is 1. The molecule has 1 aromatic carbocycles. The van der Waals surface area contributed by atoms with Gasteiger partial charge in [-0.15, -0.1) is 0 Å². The van der Waals surface area contributed by atoms with E-state index in [1.54, 1.807) is 12.1 Å². The second-order valence-corrected chi connectivity index (χ2v) is 5.36. The lowest BCUT2D eigenvalue weighted by molar-refractivity contribution is 0.127. The minimum Gasteiger partial charge on any atom is -0.488 e. The van der Waals surface area contributed by atoms with E-state index in [1.165, 1.54) is 6.07 Å². The van der Waals surface area contributed by atoms with E-state index in [1.807, 2.05) is 0 Å². The van der Waals surface area contributed by atoms with E-state index in [9.17, 15) is 4.39 Å². The molecule has 0 bridgehead atoms. The van der Waals surface area contributed by atoms with Gasteiger partial charge in [0.25, 0.3) is 0 Å². The molecule has 3 rings (SSSR count). The fourth-order valence-electron chi connectivity index (χ4n) is 2.94. The number of fused-ring (bicyclic) bond motifs is 1. The Bertz CT molecular complexity index is 438. The maximum atomic E-state index is 13.1. The van der Waals surface area contributed by atoms with E-state index in [-0.39, 0.29) is 11.9 Å². The molecule has 0 spiro atoms. The van der Waals surface area contributed by atoms with Crippen molar-refractivity contribution in [3.8, 4) is 5.75 Å². The molecule has 2 heterocycles. The minimum absolute atomic E-state index is 0.145. The van der Waals surface area contributed by atoms with Crippen LogP contribution in [-0.4, -0.2) is 36.7 Å². The number of rotatable bonds is 2. The Morgan fingerprint density at radius 1 is 1.44 bits per heavy atom. The zero-order valence-electron chi connectivity index (χ0n) is 10.4. The molecule has 2 unspecified atom stereocenters. The standard InChI is InChI=1S/C14H19FN2O/c15-11-3-4-14-10(6-11)7-13(18-14)9-17-5-1-2-12(16)8-17/h3-4,6,12-13H,1-2,5,7-9,16H2. The molecule has 2 aliphatic heterocycles. The smallest absolute Gasteiger partial charge is 0.123 e. The van der Waals surface area contributed by atoms with Gasteiger partial charge in [-0.2, -0.15) is 0 Å². The van der Waals surface area contributed by atoms with Crippen LogP contribution in [-0.2, 0) is 6.42 Å². The molecule has 1 fully saturated rings. The molecule has 0 aromatic heterocycles. The number of ether oxygens (including phenoxy) is 1. The van der Waals surface area contributed by atoms with Crippen molar-refractivity contribution >= 4 is 0 Å². The minimum atomic E-state index is -0.182. The Hall–Kier alpha value is -1.13. The monoisotopic (exact) mass is 250 g/mol. The molecule has 98 valence electrons. The summed E-state index contributed by atoms with van der Waals surface area (Å²) in [6, 6.07) is 5.06. The van der Waals surface area contributed by atoms with Gasteiger partial charge in [0, 0.05) is 31.1 Å². The van der Waals surface area contributed by atoms with Crippen LogP contribution in [0.15, 0.2) is 18.2 Å². The van der Waals surface area contributed by atoms with Crippen molar-refractivity contribution in [1.29, 1.82) is 0 Å². The van der Waals surface area contributed by atoms with Gasteiger partial charge in [-0.05, 0) is 37.6 Å². The Kier molecular flexibility index (Phi) is 3.22. The normalized spacial score (nSPS) is 27.9. The Morgan fingerprint density at radius 3 is 3.17 bits per heavy atom. The molecule has 4 heteroatoms. The van der Waals surface area contributed by atoms with Crippen LogP contribution in [0.2, 0.25) is 0 Å². The number of nitrogens with zero attached hydrogens (tertiary/aromatic N) is 1. The van der Waals surface area contributed by atoms with Crippen molar-refractivity contribution in [3.63, 3.8) is 0 Å². The molecule has 3 nitrogen and oxygen atoms in total. The van der Waals surface area contributed by atoms with E-state index in [4.69, 9.17) is 10.5 Å². The second kappa shape index (κ2) is 4.86. The average molecular weight is 250 g/mol. The third-order valence-corrected chi connectivity index (χ3v) is 3.77. The zero-order chi connectivity index (χ0) is 12.5. The predicted octanol–water partition coefficient (Wildman–Crippen LogP) is 1.55. The van der Waals surface area contributed by atoms with Gasteiger partial charge in [0.2, 0.25) is 0 Å². The van der Waals surface area contributed by atoms with Gasteiger partial charge >= 0.3 is 0 Å². The number of halogens is 1. The van der Waals surface area contributed by atoms with E-state index in [2.05, 4.69) is 4.90 Å². The molecule has 1 aromatic rings. The van der Waals surface area contributed by atoms with Gasteiger partial charge in [-0.1, -0.05) is 0 Å². The molecule has 0 saturated carbocycles. The summed E-state index contributed by atoms with van der Waals surface area (Å²) in [5.74, 6) is 0.653. The molecule has 18 heavy (non-hydrogen) atoms. The van der Waals surface area contributed by atoms with Crippen molar-refractivity contribution in [1.82, 2.24) is 4.90 Å². The lowest BCUT2D eigenvalue weighted by Crippen LogP contribution is -2.46. The van der Waals surface area contributed by atoms with Gasteiger partial charge in [0.15, 0.2) is 0 Å². The summed E-state index contributed by atoms with van der Waals surface area (Å²) in [5, 5.41) is 0. The maximum absolute atomic E-state index is 13.1. The van der Waals surface area contributed by atoms with E-state index >= 15 is 0 Å². The van der Waals surface area contributed by atoms with Crippen LogP contribution in [0, 0.1) is 5.82 Å². The van der Waals surface area contributed by atoms with Crippen LogP contribution < -0.4 is 10.5 Å². The largest absolute Gasteiger partial charge is 0.488 e. The van der Waals surface area contributed by atoms with Gasteiger partial charge in [-0.25, -0.2) is 4.39 Å². The molecular formula is C14H19FN2O. The quantitative estimate of drug-likeness (QED) is 0.865. The van der Waals surface area contributed by atoms with Crippen molar-refractivity contribution in [3.05, 3.63) is 29.6 Å². The van der Waals surface area contributed by atoms with Crippen molar-refractivity contribution in [2.24, 2.45) is 5.73 Å². The highest BCUT2D eigenvalue weighted by atomic mass is 19.1. The predicted molar refractivity (Wildman–Crippen MR) is 68.2 cm³/mol. The van der Waals surface area contributed by atoms with Crippen LogP contribution in [0.5, 0.6) is 5.75 Å². The lowest BCUT2D eigenvalue weighted by Gasteiger charge is -2.32. The van der Waals surface area contributed by atoms with Crippen LogP contribution in [0.4, 0.5) is 4.39 Å². The van der Waals surface area contributed by atoms with Crippen molar-refractivity contribution in [2.75, 3.05) is 19.6 Å². The third kappa shape index (κ3) is 2.49. The van der Waals surface area contributed by atoms with Crippen molar-refractivity contribution < 1.29 is 9.13 Å². The summed E-state index contributed by atoms with van der Waals surface area (Å²) in [4.78, 5) is 2.36. The highest BCUT2D eigenvalue weighted by Crippen LogP contribution is 2.29. The number of hydrogen-bond acceptors (Lipinski definition) is 3. The first-order valence-electron chi connectivity index (χ1n) is 6.64. The fourth-order valence-corrected chi connectivity index (χ4v) is 2.94. The number of likely N-dealkylation sites (tertiary alicyclic amines) is 1. The Balaban J connectivity index is 1.60. The first kappa shape index (κ1) is 11.9. The highest BCUT2D eigenvalue weighted by Gasteiger charge is 2.27. The van der Waals surface area contributed by atoms with Crippen molar-refractivity contribution in [2.45, 2.75) is 31.4 Å². The lowest BCUT2D eigenvalue weighted by atomic mass is 10.1. The molecular weight excluding hydrogens is 231 g/mol. The van der Waals surface area contributed by atoms with Crippen LogP contribution in [0.3, 0.4) is 0 Å². The molecule has 2 N–H and O–H groups in total. The Morgan fingerprint density at radius 2 is 2.33 bits per heavy atom. The van der Waals surface area contributed by atoms with E-state index in [0.29, 0.717) is 6.04 Å². The SMILES string of the molecule is NC1CCCN(CC2Cc3cc(F)ccc3O2)C1. The third-order valence-electron chi connectivity index (χ3n) is 3.77. The topological polar surface area (TPSA) is 38.5 Å². The summed E-state index contributed by atoms with van der Waals surface area (Å²) in [7, 11) is 0. The summed E-state index contributed by atoms with van der Waals surface area (Å²) < 4.78 is 19.0. The molecule has 2 atom stereocenters. The molecule has 2 aliphatic rings. The van der Waals surface area contributed by atoms with E-state index in [0.717, 1.165) is 50.2 Å². The number of nitrogens with two attached hydrogens (primary N) is 1. The Labute approximate surface area is 107 Å². The maximum Gasteiger partial charge on any atom is 0.123 e. The fraction of sp³-hybridized carbons (Fsp3) is 0.571. The summed E-state index contributed by atoms with van der Waals surface area (Å²) in [5.41, 5.74) is 6.96. The van der Waals surface area contributed by atoms with Crippen LogP contribution in [0.1, 0.15) is 18.4 Å². The molecule has 0 aliphatic carbocycles. The molecule has 1 saturated heterocycles. The average Bonchev–Trinajstić information content (AvgIpc) is 2.70. The first-order valence-corrected chi connectivity index (χ1v) is 6.64. The van der Waals surface area contributed by atoms with Gasteiger partial charge in [0.05, 0.1) is 0 Å². The molecule has 0 amide bonds. The van der Waals surface area contributed by atoms with Gasteiger partial charge in [-0.3, -0.25) is 4.90 Å². The zero-order valence-corrected chi connectivity index (χ0v) is 10.4. The second-order valence-electron chi connectivity index (χ2n) is 5.36. The summed E-state index contributed by atoms with van der Waals surface area (Å²) in [6.07, 6.45) is 3.23. The molecule has 0 radical (unpaired) electrons. The first-order chi connectivity index (χ1) is 8.70. The van der Waals surface area contributed by atoms with Crippen LogP contribution in [0.25, 0.3) is 0 Å². The van der Waals surface area contributed by atoms with Crippen LogP contribution >= 0.6 is 0 Å².